The number of fused-ring (bicyclic) bond motifs is 2. The van der Waals surface area contributed by atoms with Gasteiger partial charge in [-0.15, -0.1) is 0 Å². The molecule has 6 rings (SSSR count). The summed E-state index contributed by atoms with van der Waals surface area (Å²) >= 11 is -1.53. The van der Waals surface area contributed by atoms with E-state index in [1.54, 1.807) is 10.9 Å². The van der Waals surface area contributed by atoms with Crippen molar-refractivity contribution in [2.24, 2.45) is 12.5 Å². The normalized spacial score (nSPS) is 22.1. The highest BCUT2D eigenvalue weighted by molar-refractivity contribution is 7.84. The van der Waals surface area contributed by atoms with Crippen molar-refractivity contribution < 1.29 is 17.3 Å². The lowest BCUT2D eigenvalue weighted by atomic mass is 9.73. The summed E-state index contributed by atoms with van der Waals surface area (Å²) in [6, 6.07) is 6.02. The van der Waals surface area contributed by atoms with E-state index in [1.807, 2.05) is 77.7 Å². The SMILES string of the molecule is C[C@@H]1OCC2(CCN(c3nc4cnn(-c5ccc6cnn(C)c6c5)c4nc3COS(=O)C(C)(C)C)CC2)[C@@H]1N[S@](=O)C(C)(C)C. The van der Waals surface area contributed by atoms with Crippen molar-refractivity contribution in [3.63, 3.8) is 0 Å². The predicted octanol–water partition coefficient (Wildman–Crippen LogP) is 4.11. The minimum atomic E-state index is -1.53. The van der Waals surface area contributed by atoms with Gasteiger partial charge in [-0.1, -0.05) is 0 Å². The van der Waals surface area contributed by atoms with Gasteiger partial charge in [0.2, 0.25) is 0 Å². The van der Waals surface area contributed by atoms with E-state index in [0.717, 1.165) is 42.5 Å². The standard InChI is InChI=1S/C31H44N8O4S2/c1-20-26(36-44(40)29(2,3)4)31(19-42-20)11-13-38(14-12-31)27-24(18-43-45(41)30(5,6)7)35-28-23(34-27)17-33-39(28)22-10-9-21-16-32-37(8)25(21)15-22/h9-10,15-17,20,26,36H,11-14,18-19H2,1-8H3/t20-,26+,44+,45?/m0/s1. The van der Waals surface area contributed by atoms with Gasteiger partial charge in [-0.25, -0.2) is 27.8 Å². The fourth-order valence-electron chi connectivity index (χ4n) is 6.08. The van der Waals surface area contributed by atoms with Gasteiger partial charge in [0, 0.05) is 30.9 Å². The number of ether oxygens (including phenoxy) is 1. The number of rotatable bonds is 7. The van der Waals surface area contributed by atoms with Crippen LogP contribution in [0.5, 0.6) is 0 Å². The number of hydrogen-bond donors (Lipinski definition) is 1. The van der Waals surface area contributed by atoms with Gasteiger partial charge >= 0.3 is 0 Å². The molecule has 1 aromatic carbocycles. The first-order chi connectivity index (χ1) is 21.2. The summed E-state index contributed by atoms with van der Waals surface area (Å²) in [5.41, 5.74) is 3.56. The molecular formula is C31H44N8O4S2. The zero-order valence-electron chi connectivity index (χ0n) is 27.4. The van der Waals surface area contributed by atoms with Gasteiger partial charge in [0.25, 0.3) is 0 Å². The van der Waals surface area contributed by atoms with Gasteiger partial charge < -0.3 is 9.64 Å². The van der Waals surface area contributed by atoms with E-state index in [9.17, 15) is 8.42 Å². The first-order valence-electron chi connectivity index (χ1n) is 15.4. The number of hydrogen-bond acceptors (Lipinski definition) is 9. The minimum absolute atomic E-state index is 0.0136. The fourth-order valence-corrected chi connectivity index (χ4v) is 7.67. The number of benzene rings is 1. The van der Waals surface area contributed by atoms with Gasteiger partial charge in [0.05, 0.1) is 62.8 Å². The van der Waals surface area contributed by atoms with Crippen LogP contribution in [0.25, 0.3) is 27.8 Å². The number of nitrogens with zero attached hydrogens (tertiary/aromatic N) is 7. The van der Waals surface area contributed by atoms with Gasteiger partial charge in [0.1, 0.15) is 17.8 Å². The Morgan fingerprint density at radius 1 is 1.04 bits per heavy atom. The maximum atomic E-state index is 13.1. The zero-order valence-corrected chi connectivity index (χ0v) is 29.0. The molecule has 0 saturated carbocycles. The Morgan fingerprint density at radius 3 is 2.47 bits per heavy atom. The summed E-state index contributed by atoms with van der Waals surface area (Å²) < 4.78 is 44.2. The van der Waals surface area contributed by atoms with Gasteiger partial charge in [-0.3, -0.25) is 8.86 Å². The molecule has 2 fully saturated rings. The van der Waals surface area contributed by atoms with Crippen LogP contribution in [-0.2, 0) is 44.6 Å². The number of nitrogens with one attached hydrogen (secondary N) is 1. The monoisotopic (exact) mass is 656 g/mol. The minimum Gasteiger partial charge on any atom is -0.376 e. The van der Waals surface area contributed by atoms with Crippen LogP contribution in [0, 0.1) is 5.41 Å². The molecule has 2 aliphatic rings. The Labute approximate surface area is 269 Å². The molecule has 4 atom stereocenters. The molecule has 0 aliphatic carbocycles. The van der Waals surface area contributed by atoms with Crippen LogP contribution in [0.2, 0.25) is 0 Å². The van der Waals surface area contributed by atoms with Crippen molar-refractivity contribution in [3.05, 3.63) is 36.3 Å². The summed E-state index contributed by atoms with van der Waals surface area (Å²) in [6.07, 6.45) is 5.21. The molecule has 5 heterocycles. The number of piperidine rings is 1. The molecule has 0 radical (unpaired) electrons. The van der Waals surface area contributed by atoms with Crippen molar-refractivity contribution in [2.75, 3.05) is 24.6 Å². The Hall–Kier alpha value is -2.78. The van der Waals surface area contributed by atoms with Crippen molar-refractivity contribution in [3.8, 4) is 5.69 Å². The lowest BCUT2D eigenvalue weighted by Crippen LogP contribution is -2.55. The third-order valence-corrected chi connectivity index (χ3v) is 11.8. The van der Waals surface area contributed by atoms with Gasteiger partial charge in [0.15, 0.2) is 22.5 Å². The molecule has 244 valence electrons. The second kappa shape index (κ2) is 11.8. The van der Waals surface area contributed by atoms with E-state index < -0.39 is 26.8 Å². The predicted molar refractivity (Wildman–Crippen MR) is 178 cm³/mol. The molecule has 1 spiro atoms. The summed E-state index contributed by atoms with van der Waals surface area (Å²) in [5.74, 6) is 0.708. The van der Waals surface area contributed by atoms with Crippen molar-refractivity contribution in [1.82, 2.24) is 34.3 Å². The van der Waals surface area contributed by atoms with Crippen molar-refractivity contribution in [2.45, 2.75) is 89.6 Å². The second-order valence-corrected chi connectivity index (χ2v) is 18.1. The molecule has 1 unspecified atom stereocenters. The third kappa shape index (κ3) is 6.19. The van der Waals surface area contributed by atoms with Crippen LogP contribution in [0.3, 0.4) is 0 Å². The highest BCUT2D eigenvalue weighted by Crippen LogP contribution is 2.44. The van der Waals surface area contributed by atoms with E-state index in [4.69, 9.17) is 18.9 Å². The van der Waals surface area contributed by atoms with E-state index in [0.29, 0.717) is 29.3 Å². The molecule has 0 amide bonds. The molecule has 45 heavy (non-hydrogen) atoms. The average molecular weight is 657 g/mol. The van der Waals surface area contributed by atoms with Crippen molar-refractivity contribution in [1.29, 1.82) is 0 Å². The maximum absolute atomic E-state index is 13.1. The van der Waals surface area contributed by atoms with Gasteiger partial charge in [-0.05, 0) is 79.5 Å². The van der Waals surface area contributed by atoms with Crippen LogP contribution in [0.1, 0.15) is 67.0 Å². The van der Waals surface area contributed by atoms with Crippen LogP contribution in [0.4, 0.5) is 5.82 Å². The van der Waals surface area contributed by atoms with Gasteiger partial charge in [-0.2, -0.15) is 10.2 Å². The number of aryl methyl sites for hydroxylation is 1. The van der Waals surface area contributed by atoms with E-state index in [1.165, 1.54) is 0 Å². The molecule has 2 aliphatic heterocycles. The molecule has 2 saturated heterocycles. The molecule has 0 bridgehead atoms. The van der Waals surface area contributed by atoms with Crippen LogP contribution in [-0.4, -0.2) is 79.3 Å². The smallest absolute Gasteiger partial charge is 0.182 e. The van der Waals surface area contributed by atoms with E-state index in [2.05, 4.69) is 26.7 Å². The highest BCUT2D eigenvalue weighted by Gasteiger charge is 2.51. The van der Waals surface area contributed by atoms with Crippen LogP contribution in [0.15, 0.2) is 30.6 Å². The summed E-state index contributed by atoms with van der Waals surface area (Å²) in [7, 11) is 0.710. The molecule has 4 aromatic rings. The Morgan fingerprint density at radius 2 is 1.78 bits per heavy atom. The third-order valence-electron chi connectivity index (χ3n) is 8.84. The molecule has 14 heteroatoms. The Bertz CT molecular complexity index is 1760. The Kier molecular flexibility index (Phi) is 8.43. The zero-order chi connectivity index (χ0) is 32.3. The fraction of sp³-hybridized carbons (Fsp3) is 0.613. The van der Waals surface area contributed by atoms with E-state index in [-0.39, 0.29) is 28.9 Å². The number of anilines is 1. The quantitative estimate of drug-likeness (QED) is 0.313. The largest absolute Gasteiger partial charge is 0.376 e. The van der Waals surface area contributed by atoms with Crippen LogP contribution >= 0.6 is 0 Å². The first kappa shape index (κ1) is 32.2. The lowest BCUT2D eigenvalue weighted by Gasteiger charge is -2.43. The Balaban J connectivity index is 1.32. The topological polar surface area (TPSA) is 129 Å². The second-order valence-electron chi connectivity index (χ2n) is 14.2. The molecular weight excluding hydrogens is 613 g/mol. The first-order valence-corrected chi connectivity index (χ1v) is 17.7. The maximum Gasteiger partial charge on any atom is 0.182 e. The van der Waals surface area contributed by atoms with Crippen LogP contribution < -0.4 is 9.62 Å². The average Bonchev–Trinajstić information content (AvgIpc) is 3.66. The molecule has 3 aromatic heterocycles. The summed E-state index contributed by atoms with van der Waals surface area (Å²) in [5, 5.41) is 10.1. The highest BCUT2D eigenvalue weighted by atomic mass is 32.2. The van der Waals surface area contributed by atoms with E-state index >= 15 is 0 Å². The summed E-state index contributed by atoms with van der Waals surface area (Å²) in [6.45, 7) is 15.8. The molecule has 12 nitrogen and oxygen atoms in total. The summed E-state index contributed by atoms with van der Waals surface area (Å²) in [4.78, 5) is 12.4. The number of aromatic nitrogens is 6. The van der Waals surface area contributed by atoms with Crippen molar-refractivity contribution >= 4 is 50.0 Å². The lowest BCUT2D eigenvalue weighted by molar-refractivity contribution is 0.0973. The molecule has 1 N–H and O–H groups in total.